The first-order valence-electron chi connectivity index (χ1n) is 7.29. The molecule has 0 bridgehead atoms. The zero-order valence-electron chi connectivity index (χ0n) is 13.2. The van der Waals surface area contributed by atoms with Crippen LogP contribution in [-0.2, 0) is 13.0 Å². The number of hydrogen-bond acceptors (Lipinski definition) is 1. The van der Waals surface area contributed by atoms with E-state index in [1.54, 1.807) is 0 Å². The Morgan fingerprint density at radius 3 is 2.00 bits per heavy atom. The normalized spacial score (nSPS) is 10.7. The van der Waals surface area contributed by atoms with Crippen LogP contribution in [0.1, 0.15) is 11.1 Å². The lowest BCUT2D eigenvalue weighted by atomic mass is 10.1. The molecule has 0 aliphatic carbocycles. The molecule has 0 aliphatic rings. The molecular formula is C18H24IN3. The summed E-state index contributed by atoms with van der Waals surface area (Å²) in [5.74, 6) is 0.926. The number of hydrogen-bond donors (Lipinski definition) is 1. The fourth-order valence-corrected chi connectivity index (χ4v) is 2.07. The zero-order chi connectivity index (χ0) is 14.9. The van der Waals surface area contributed by atoms with Gasteiger partial charge in [0.25, 0.3) is 0 Å². The van der Waals surface area contributed by atoms with E-state index < -0.39 is 0 Å². The summed E-state index contributed by atoms with van der Waals surface area (Å²) >= 11 is 0. The number of rotatable bonds is 5. The van der Waals surface area contributed by atoms with Crippen molar-refractivity contribution < 1.29 is 0 Å². The first kappa shape index (κ1) is 18.5. The second kappa shape index (κ2) is 10.2. The second-order valence-corrected chi connectivity index (χ2v) is 5.18. The number of nitrogens with one attached hydrogen (secondary N) is 1. The van der Waals surface area contributed by atoms with Gasteiger partial charge in [0.05, 0.1) is 6.54 Å². The summed E-state index contributed by atoms with van der Waals surface area (Å²) in [5, 5.41) is 3.41. The Labute approximate surface area is 150 Å². The molecule has 0 spiro atoms. The highest BCUT2D eigenvalue weighted by atomic mass is 127. The molecule has 2 aromatic carbocycles. The van der Waals surface area contributed by atoms with Crippen LogP contribution in [-0.4, -0.2) is 31.5 Å². The van der Waals surface area contributed by atoms with Crippen molar-refractivity contribution in [3.63, 3.8) is 0 Å². The van der Waals surface area contributed by atoms with Crippen molar-refractivity contribution in [2.75, 3.05) is 20.6 Å². The van der Waals surface area contributed by atoms with Gasteiger partial charge in [0.2, 0.25) is 0 Å². The smallest absolute Gasteiger partial charge is 0.193 e. The molecule has 0 amide bonds. The van der Waals surface area contributed by atoms with Crippen molar-refractivity contribution in [1.29, 1.82) is 0 Å². The van der Waals surface area contributed by atoms with Crippen LogP contribution in [0.3, 0.4) is 0 Å². The quantitative estimate of drug-likeness (QED) is 0.465. The SMILES string of the molecule is CN(C)C(=NCc1ccccc1)NCCc1ccccc1.I. The molecular weight excluding hydrogens is 385 g/mol. The molecule has 2 rings (SSSR count). The average Bonchev–Trinajstić information content (AvgIpc) is 2.52. The summed E-state index contributed by atoms with van der Waals surface area (Å²) in [6.45, 7) is 1.59. The molecule has 0 fully saturated rings. The highest BCUT2D eigenvalue weighted by Crippen LogP contribution is 2.01. The van der Waals surface area contributed by atoms with Gasteiger partial charge in [-0.2, -0.15) is 0 Å². The maximum absolute atomic E-state index is 4.66. The van der Waals surface area contributed by atoms with E-state index in [-0.39, 0.29) is 24.0 Å². The molecule has 0 saturated heterocycles. The van der Waals surface area contributed by atoms with Gasteiger partial charge in [0.1, 0.15) is 0 Å². The van der Waals surface area contributed by atoms with Crippen LogP contribution in [0, 0.1) is 0 Å². The number of benzene rings is 2. The van der Waals surface area contributed by atoms with Gasteiger partial charge < -0.3 is 10.2 Å². The minimum atomic E-state index is 0. The summed E-state index contributed by atoms with van der Waals surface area (Å²) in [6.07, 6.45) is 0.999. The van der Waals surface area contributed by atoms with Crippen LogP contribution >= 0.6 is 24.0 Å². The number of aliphatic imine (C=N–C) groups is 1. The van der Waals surface area contributed by atoms with Gasteiger partial charge in [-0.25, -0.2) is 4.99 Å². The topological polar surface area (TPSA) is 27.6 Å². The van der Waals surface area contributed by atoms with E-state index in [2.05, 4.69) is 46.7 Å². The number of nitrogens with zero attached hydrogens (tertiary/aromatic N) is 2. The minimum absolute atomic E-state index is 0. The molecule has 4 heteroatoms. The van der Waals surface area contributed by atoms with Crippen LogP contribution in [0.15, 0.2) is 65.7 Å². The lowest BCUT2D eigenvalue weighted by Gasteiger charge is -2.17. The van der Waals surface area contributed by atoms with Crippen LogP contribution in [0.2, 0.25) is 0 Å². The minimum Gasteiger partial charge on any atom is -0.356 e. The van der Waals surface area contributed by atoms with E-state index in [4.69, 9.17) is 0 Å². The van der Waals surface area contributed by atoms with Crippen LogP contribution in [0.25, 0.3) is 0 Å². The van der Waals surface area contributed by atoms with Crippen molar-refractivity contribution in [3.05, 3.63) is 71.8 Å². The first-order chi connectivity index (χ1) is 10.3. The fourth-order valence-electron chi connectivity index (χ4n) is 2.07. The van der Waals surface area contributed by atoms with Gasteiger partial charge in [0.15, 0.2) is 5.96 Å². The summed E-state index contributed by atoms with van der Waals surface area (Å²) in [4.78, 5) is 6.68. The number of guanidine groups is 1. The van der Waals surface area contributed by atoms with Crippen molar-refractivity contribution in [3.8, 4) is 0 Å². The standard InChI is InChI=1S/C18H23N3.HI/c1-21(2)18(20-15-17-11-7-4-8-12-17)19-14-13-16-9-5-3-6-10-16;/h3-12H,13-15H2,1-2H3,(H,19,20);1H. The Morgan fingerprint density at radius 1 is 0.909 bits per heavy atom. The molecule has 0 atom stereocenters. The number of halogens is 1. The lowest BCUT2D eigenvalue weighted by molar-refractivity contribution is 0.579. The third kappa shape index (κ3) is 6.47. The van der Waals surface area contributed by atoms with E-state index in [9.17, 15) is 0 Å². The molecule has 1 N–H and O–H groups in total. The van der Waals surface area contributed by atoms with Gasteiger partial charge >= 0.3 is 0 Å². The van der Waals surface area contributed by atoms with Crippen molar-refractivity contribution in [2.24, 2.45) is 4.99 Å². The predicted octanol–water partition coefficient (Wildman–Crippen LogP) is 3.55. The molecule has 0 radical (unpaired) electrons. The fraction of sp³-hybridized carbons (Fsp3) is 0.278. The second-order valence-electron chi connectivity index (χ2n) is 5.18. The first-order valence-corrected chi connectivity index (χ1v) is 7.29. The average molecular weight is 409 g/mol. The van der Waals surface area contributed by atoms with Crippen molar-refractivity contribution in [1.82, 2.24) is 10.2 Å². The van der Waals surface area contributed by atoms with Crippen molar-refractivity contribution in [2.45, 2.75) is 13.0 Å². The van der Waals surface area contributed by atoms with Crippen LogP contribution in [0.5, 0.6) is 0 Å². The molecule has 0 saturated carbocycles. The highest BCUT2D eigenvalue weighted by molar-refractivity contribution is 14.0. The summed E-state index contributed by atoms with van der Waals surface area (Å²) < 4.78 is 0. The lowest BCUT2D eigenvalue weighted by Crippen LogP contribution is -2.37. The van der Waals surface area contributed by atoms with Gasteiger partial charge in [-0.15, -0.1) is 24.0 Å². The summed E-state index contributed by atoms with van der Waals surface area (Å²) in [6, 6.07) is 20.8. The van der Waals surface area contributed by atoms with E-state index in [1.807, 2.05) is 43.3 Å². The van der Waals surface area contributed by atoms with Gasteiger partial charge in [-0.05, 0) is 17.5 Å². The Hall–Kier alpha value is -1.56. The maximum Gasteiger partial charge on any atom is 0.193 e. The molecule has 0 aromatic heterocycles. The molecule has 0 aliphatic heterocycles. The molecule has 22 heavy (non-hydrogen) atoms. The third-order valence-electron chi connectivity index (χ3n) is 3.22. The van der Waals surface area contributed by atoms with E-state index in [0.29, 0.717) is 6.54 Å². The molecule has 2 aromatic rings. The van der Waals surface area contributed by atoms with Crippen LogP contribution < -0.4 is 5.32 Å². The largest absolute Gasteiger partial charge is 0.356 e. The third-order valence-corrected chi connectivity index (χ3v) is 3.22. The van der Waals surface area contributed by atoms with Crippen molar-refractivity contribution >= 4 is 29.9 Å². The molecule has 118 valence electrons. The maximum atomic E-state index is 4.66. The Morgan fingerprint density at radius 2 is 1.45 bits per heavy atom. The monoisotopic (exact) mass is 409 g/mol. The van der Waals surface area contributed by atoms with Gasteiger partial charge in [-0.3, -0.25) is 0 Å². The molecule has 0 unspecified atom stereocenters. The summed E-state index contributed by atoms with van der Waals surface area (Å²) in [5.41, 5.74) is 2.56. The Bertz CT molecular complexity index is 553. The van der Waals surface area contributed by atoms with Gasteiger partial charge in [-0.1, -0.05) is 60.7 Å². The van der Waals surface area contributed by atoms with E-state index in [0.717, 1.165) is 18.9 Å². The van der Waals surface area contributed by atoms with E-state index in [1.165, 1.54) is 11.1 Å². The Kier molecular flexibility index (Phi) is 8.58. The molecule has 3 nitrogen and oxygen atoms in total. The Balaban J connectivity index is 0.00000242. The van der Waals surface area contributed by atoms with E-state index >= 15 is 0 Å². The van der Waals surface area contributed by atoms with Gasteiger partial charge in [0, 0.05) is 20.6 Å². The van der Waals surface area contributed by atoms with Crippen LogP contribution in [0.4, 0.5) is 0 Å². The predicted molar refractivity (Wildman–Crippen MR) is 105 cm³/mol. The molecule has 0 heterocycles. The highest BCUT2D eigenvalue weighted by Gasteiger charge is 2.01. The zero-order valence-corrected chi connectivity index (χ0v) is 15.5. The summed E-state index contributed by atoms with van der Waals surface area (Å²) in [7, 11) is 4.03.